The van der Waals surface area contributed by atoms with Gasteiger partial charge in [0.15, 0.2) is 6.10 Å². The first-order valence-corrected chi connectivity index (χ1v) is 20.5. The van der Waals surface area contributed by atoms with Gasteiger partial charge in [-0.3, -0.25) is 19.4 Å². The predicted molar refractivity (Wildman–Crippen MR) is 216 cm³/mol. The summed E-state index contributed by atoms with van der Waals surface area (Å²) in [5, 5.41) is 24.9. The summed E-state index contributed by atoms with van der Waals surface area (Å²) in [6.07, 6.45) is 7.43. The van der Waals surface area contributed by atoms with Gasteiger partial charge in [-0.1, -0.05) is 37.6 Å². The van der Waals surface area contributed by atoms with Crippen LogP contribution in [0.1, 0.15) is 68.8 Å². The van der Waals surface area contributed by atoms with Crippen LogP contribution in [0.25, 0.3) is 10.9 Å². The number of carbonyl (C=O) groups is 3. The molecule has 13 nitrogen and oxygen atoms in total. The van der Waals surface area contributed by atoms with Gasteiger partial charge in [0.1, 0.15) is 16.9 Å². The molecule has 2 bridgehead atoms. The number of hydrogen-bond acceptors (Lipinski definition) is 12. The molecule has 3 N–H and O–H groups in total. The lowest BCUT2D eigenvalue weighted by atomic mass is 9.47. The molecule has 308 valence electrons. The number of phenols is 1. The van der Waals surface area contributed by atoms with E-state index in [0.717, 1.165) is 41.7 Å². The average molecular weight is 795 g/mol. The highest BCUT2D eigenvalue weighted by Crippen LogP contribution is 2.68. The molecule has 2 aromatic carbocycles. The fourth-order valence-corrected chi connectivity index (χ4v) is 12.9. The largest absolute Gasteiger partial charge is 0.508 e. The maximum Gasteiger partial charge on any atom is 0.344 e. The first-order valence-electron chi connectivity index (χ1n) is 20.5. The Morgan fingerprint density at radius 2 is 1.78 bits per heavy atom. The van der Waals surface area contributed by atoms with Crippen molar-refractivity contribution in [3.05, 3.63) is 76.5 Å². The second kappa shape index (κ2) is 13.3. The number of H-pyrrole nitrogens is 1. The van der Waals surface area contributed by atoms with Crippen molar-refractivity contribution >= 4 is 34.5 Å². The second-order valence-electron chi connectivity index (χ2n) is 17.4. The molecule has 1 spiro atoms. The third-order valence-electron chi connectivity index (χ3n) is 14.8. The van der Waals surface area contributed by atoms with Crippen LogP contribution in [0.15, 0.2) is 54.1 Å². The van der Waals surface area contributed by atoms with E-state index in [1.165, 1.54) is 26.7 Å². The molecule has 58 heavy (non-hydrogen) atoms. The van der Waals surface area contributed by atoms with Crippen LogP contribution >= 0.6 is 0 Å². The molecule has 0 radical (unpaired) electrons. The quantitative estimate of drug-likeness (QED) is 0.176. The number of aromatic nitrogens is 1. The Kier molecular flexibility index (Phi) is 8.89. The van der Waals surface area contributed by atoms with Crippen molar-refractivity contribution < 1.29 is 43.5 Å². The average Bonchev–Trinajstić information content (AvgIpc) is 3.86. The van der Waals surface area contributed by atoms with E-state index in [1.807, 2.05) is 43.2 Å². The summed E-state index contributed by atoms with van der Waals surface area (Å²) in [4.78, 5) is 52.9. The van der Waals surface area contributed by atoms with Crippen molar-refractivity contribution in [3.8, 4) is 11.5 Å². The van der Waals surface area contributed by atoms with Crippen molar-refractivity contribution in [2.75, 3.05) is 59.5 Å². The number of aliphatic hydroxyl groups is 1. The van der Waals surface area contributed by atoms with Gasteiger partial charge in [-0.2, -0.15) is 0 Å². The number of benzene rings is 2. The van der Waals surface area contributed by atoms with E-state index >= 15 is 4.79 Å². The fraction of sp³-hybridized carbons (Fsp3) is 0.533. The van der Waals surface area contributed by atoms with E-state index in [9.17, 15) is 19.8 Å². The summed E-state index contributed by atoms with van der Waals surface area (Å²) in [6.45, 7) is 8.91. The highest BCUT2D eigenvalue weighted by Gasteiger charge is 2.80. The Balaban J connectivity index is 1.37. The van der Waals surface area contributed by atoms with E-state index in [-0.39, 0.29) is 17.7 Å². The van der Waals surface area contributed by atoms with E-state index < -0.39 is 51.9 Å². The lowest BCUT2D eigenvalue weighted by Gasteiger charge is -2.63. The number of esters is 3. The van der Waals surface area contributed by atoms with Gasteiger partial charge in [0, 0.05) is 97.0 Å². The third-order valence-corrected chi connectivity index (χ3v) is 14.8. The number of phenolic OH excluding ortho intramolecular Hbond substituents is 1. The van der Waals surface area contributed by atoms with Gasteiger partial charge in [0.05, 0.1) is 27.4 Å². The summed E-state index contributed by atoms with van der Waals surface area (Å²) in [6, 6.07) is 8.07. The topological polar surface area (TPSA) is 154 Å². The van der Waals surface area contributed by atoms with Crippen LogP contribution < -0.4 is 9.64 Å². The minimum Gasteiger partial charge on any atom is -0.508 e. The van der Waals surface area contributed by atoms with Gasteiger partial charge in [0.2, 0.25) is 5.60 Å². The summed E-state index contributed by atoms with van der Waals surface area (Å²) in [5.74, 6) is -1.40. The Labute approximate surface area is 338 Å². The van der Waals surface area contributed by atoms with Gasteiger partial charge >= 0.3 is 17.9 Å². The zero-order chi connectivity index (χ0) is 41.1. The number of fused-ring (bicyclic) bond motifs is 6. The second-order valence-corrected chi connectivity index (χ2v) is 17.4. The van der Waals surface area contributed by atoms with E-state index in [2.05, 4.69) is 33.8 Å². The molecular formula is C45H54N4O9. The standard InChI is InChI=1S/C45H54N4O9/c1-8-26-17-27-21-44(40(52)56-6,36-30(24-48(22-26)23-27)29-12-11-28(51)18-33(29)46-36)32-19-31-34(20-35(32)55-5)47(4)38-43(31)14-16-49-15-10-13-42(9-2,37(43)49)39(58-25(3)50)45(38,54)41(53)57-7/h10-13,17-20,27,37-39,46,51,54H,8-9,14-16,21-24H2,1-7H3/t27-,37+,38-,39-,42-,43-,44+,45+/m1/s1. The number of ether oxygens (including phenoxy) is 4. The smallest absolute Gasteiger partial charge is 0.344 e. The molecule has 1 aliphatic carbocycles. The van der Waals surface area contributed by atoms with Gasteiger partial charge < -0.3 is 39.0 Å². The van der Waals surface area contributed by atoms with Gasteiger partial charge in [-0.25, -0.2) is 4.79 Å². The summed E-state index contributed by atoms with van der Waals surface area (Å²) in [5.41, 5.74) is 0.253. The summed E-state index contributed by atoms with van der Waals surface area (Å²) >= 11 is 0. The number of methoxy groups -OCH3 is 3. The molecule has 1 saturated heterocycles. The summed E-state index contributed by atoms with van der Waals surface area (Å²) < 4.78 is 23.8. The molecule has 1 unspecified atom stereocenters. The highest BCUT2D eigenvalue weighted by atomic mass is 16.6. The van der Waals surface area contributed by atoms with E-state index in [4.69, 9.17) is 18.9 Å². The van der Waals surface area contributed by atoms with Crippen molar-refractivity contribution in [2.24, 2.45) is 11.3 Å². The number of aromatic hydroxyl groups is 1. The molecule has 1 aromatic heterocycles. The zero-order valence-electron chi connectivity index (χ0n) is 34.4. The van der Waals surface area contributed by atoms with Crippen molar-refractivity contribution in [3.63, 3.8) is 0 Å². The molecule has 5 aliphatic heterocycles. The molecule has 9 rings (SSSR count). The third kappa shape index (κ3) is 4.83. The Bertz CT molecular complexity index is 2300. The molecule has 6 aliphatic rings. The molecule has 9 atom stereocenters. The Hall–Kier alpha value is -4.85. The number of anilines is 1. The number of rotatable bonds is 7. The Morgan fingerprint density at radius 1 is 1.00 bits per heavy atom. The maximum absolute atomic E-state index is 15.2. The van der Waals surface area contributed by atoms with Gasteiger partial charge in [0.25, 0.3) is 0 Å². The fourth-order valence-electron chi connectivity index (χ4n) is 12.9. The maximum atomic E-state index is 15.2. The van der Waals surface area contributed by atoms with Crippen molar-refractivity contribution in [1.82, 2.24) is 14.8 Å². The van der Waals surface area contributed by atoms with Crippen molar-refractivity contribution in [2.45, 2.75) is 87.6 Å². The van der Waals surface area contributed by atoms with Crippen LogP contribution in [-0.4, -0.2) is 121 Å². The summed E-state index contributed by atoms with van der Waals surface area (Å²) in [7, 11) is 6.12. The monoisotopic (exact) mass is 794 g/mol. The molecule has 3 aromatic rings. The van der Waals surface area contributed by atoms with Crippen LogP contribution in [0.4, 0.5) is 5.69 Å². The number of carbonyl (C=O) groups excluding carboxylic acids is 3. The normalized spacial score (nSPS) is 34.5. The number of hydrogen-bond donors (Lipinski definition) is 3. The molecule has 6 heterocycles. The van der Waals surface area contributed by atoms with Crippen LogP contribution in [0.5, 0.6) is 11.5 Å². The van der Waals surface area contributed by atoms with E-state index in [0.29, 0.717) is 61.4 Å². The van der Waals surface area contributed by atoms with Crippen LogP contribution in [0, 0.1) is 11.3 Å². The molecular weight excluding hydrogens is 741 g/mol. The SMILES string of the molecule is CCC1=C[C@H]2CN(C1)Cc1c([nH]c3cc(O)ccc13)[C@@](C(=O)OC)(c1cc3c(cc1OC)N(C)[C@H]1[C@@](O)(C(=O)OC)[C@H](OC(C)=O)[C@]4(CC)C=CCN5CC[C@]31[C@@H]54)C2. The molecule has 13 heteroatoms. The minimum absolute atomic E-state index is 0.0240. The van der Waals surface area contributed by atoms with Crippen LogP contribution in [-0.2, 0) is 46.0 Å². The number of aromatic amines is 1. The van der Waals surface area contributed by atoms with Gasteiger partial charge in [-0.05, 0) is 67.5 Å². The van der Waals surface area contributed by atoms with Crippen LogP contribution in [0.2, 0.25) is 0 Å². The lowest BCUT2D eigenvalue weighted by Crippen LogP contribution is -2.81. The number of nitrogens with zero attached hydrogens (tertiary/aromatic N) is 3. The van der Waals surface area contributed by atoms with Gasteiger partial charge in [-0.15, -0.1) is 0 Å². The molecule has 1 saturated carbocycles. The zero-order valence-corrected chi connectivity index (χ0v) is 34.4. The van der Waals surface area contributed by atoms with Crippen molar-refractivity contribution in [1.29, 1.82) is 0 Å². The minimum atomic E-state index is -2.30. The predicted octanol–water partition coefficient (Wildman–Crippen LogP) is 4.46. The first-order chi connectivity index (χ1) is 27.8. The highest BCUT2D eigenvalue weighted by molar-refractivity contribution is 5.95. The van der Waals surface area contributed by atoms with E-state index in [1.54, 1.807) is 19.2 Å². The Morgan fingerprint density at radius 3 is 2.47 bits per heavy atom. The molecule has 2 fully saturated rings. The number of likely N-dealkylation sites (N-methyl/N-ethyl adjacent to an activating group) is 1. The first kappa shape index (κ1) is 38.7. The lowest BCUT2D eigenvalue weighted by molar-refractivity contribution is -0.228. The van der Waals surface area contributed by atoms with Crippen LogP contribution in [0.3, 0.4) is 0 Å². The molecule has 0 amide bonds. The number of nitrogens with one attached hydrogen (secondary N) is 1.